The van der Waals surface area contributed by atoms with Crippen molar-refractivity contribution in [1.82, 2.24) is 4.90 Å². The lowest BCUT2D eigenvalue weighted by Crippen LogP contribution is -2.29. The average Bonchev–Trinajstić information content (AvgIpc) is 2.31. The van der Waals surface area contributed by atoms with Gasteiger partial charge >= 0.3 is 0 Å². The quantitative estimate of drug-likeness (QED) is 0.618. The summed E-state index contributed by atoms with van der Waals surface area (Å²) in [6.45, 7) is 10.9. The molecule has 1 saturated heterocycles. The molecule has 0 spiro atoms. The Kier molecular flexibility index (Phi) is 5.60. The van der Waals surface area contributed by atoms with Crippen LogP contribution in [-0.4, -0.2) is 24.0 Å². The Labute approximate surface area is 82.2 Å². The number of likely N-dealkylation sites (tertiary alicyclic amines) is 1. The highest BCUT2D eigenvalue weighted by atomic mass is 35.5. The molecule has 1 nitrogen and oxygen atoms in total. The molecule has 0 N–H and O–H groups in total. The first kappa shape index (κ1) is 12.0. The van der Waals surface area contributed by atoms with Gasteiger partial charge < -0.3 is 4.90 Å². The molecule has 1 aliphatic rings. The number of rotatable bonds is 3. The van der Waals surface area contributed by atoms with Crippen molar-refractivity contribution in [1.29, 1.82) is 0 Å². The third-order valence-electron chi connectivity index (χ3n) is 2.89. The van der Waals surface area contributed by atoms with E-state index in [2.05, 4.69) is 25.3 Å². The van der Waals surface area contributed by atoms with E-state index in [9.17, 15) is 0 Å². The Morgan fingerprint density at radius 3 is 2.58 bits per heavy atom. The molecule has 1 heterocycles. The van der Waals surface area contributed by atoms with Gasteiger partial charge in [-0.25, -0.2) is 0 Å². The Bertz CT molecular complexity index is 136. The normalized spacial score (nSPS) is 29.8. The number of hydrogen-bond acceptors (Lipinski definition) is 1. The van der Waals surface area contributed by atoms with Crippen molar-refractivity contribution in [2.45, 2.75) is 32.7 Å². The van der Waals surface area contributed by atoms with Crippen LogP contribution in [0, 0.1) is 5.92 Å². The monoisotopic (exact) mass is 189 g/mol. The van der Waals surface area contributed by atoms with E-state index in [0.29, 0.717) is 0 Å². The summed E-state index contributed by atoms with van der Waals surface area (Å²) >= 11 is 0. The highest BCUT2D eigenvalue weighted by Gasteiger charge is 2.25. The zero-order chi connectivity index (χ0) is 8.27. The van der Waals surface area contributed by atoms with E-state index in [1.807, 2.05) is 6.08 Å². The predicted molar refractivity (Wildman–Crippen MR) is 56.9 cm³/mol. The molecule has 0 radical (unpaired) electrons. The van der Waals surface area contributed by atoms with Gasteiger partial charge in [-0.1, -0.05) is 13.0 Å². The van der Waals surface area contributed by atoms with E-state index >= 15 is 0 Å². The molecule has 0 bridgehead atoms. The van der Waals surface area contributed by atoms with E-state index in [4.69, 9.17) is 0 Å². The van der Waals surface area contributed by atoms with Crippen LogP contribution in [0.4, 0.5) is 0 Å². The first-order chi connectivity index (χ1) is 5.25. The van der Waals surface area contributed by atoms with Gasteiger partial charge in [-0.3, -0.25) is 0 Å². The minimum Gasteiger partial charge on any atom is -0.300 e. The summed E-state index contributed by atoms with van der Waals surface area (Å²) in [5.41, 5.74) is 0. The molecule has 1 aliphatic heterocycles. The van der Waals surface area contributed by atoms with Crippen molar-refractivity contribution in [2.24, 2.45) is 5.92 Å². The molecule has 0 aromatic carbocycles. The van der Waals surface area contributed by atoms with Crippen LogP contribution in [0.1, 0.15) is 26.7 Å². The van der Waals surface area contributed by atoms with E-state index < -0.39 is 0 Å². The summed E-state index contributed by atoms with van der Waals surface area (Å²) in [7, 11) is 0. The van der Waals surface area contributed by atoms with Gasteiger partial charge in [0.05, 0.1) is 0 Å². The fourth-order valence-corrected chi connectivity index (χ4v) is 1.75. The standard InChI is InChI=1S/C10H19N.ClH/c1-4-5-7-11-8-6-9(2)10(11)3;/h4,9-10H,1,5-8H2,2-3H3;1H. The maximum absolute atomic E-state index is 3.74. The van der Waals surface area contributed by atoms with Gasteiger partial charge in [0.2, 0.25) is 0 Å². The lowest BCUT2D eigenvalue weighted by Gasteiger charge is -2.22. The molecule has 1 rings (SSSR count). The van der Waals surface area contributed by atoms with Crippen molar-refractivity contribution in [3.05, 3.63) is 12.7 Å². The molecule has 0 amide bonds. The molecule has 0 aliphatic carbocycles. The molecular formula is C10H20ClN. The van der Waals surface area contributed by atoms with Crippen molar-refractivity contribution >= 4 is 12.4 Å². The molecule has 2 unspecified atom stereocenters. The van der Waals surface area contributed by atoms with Crippen LogP contribution in [0.5, 0.6) is 0 Å². The van der Waals surface area contributed by atoms with E-state index in [0.717, 1.165) is 18.4 Å². The molecule has 1 fully saturated rings. The molecule has 2 atom stereocenters. The largest absolute Gasteiger partial charge is 0.300 e. The topological polar surface area (TPSA) is 3.24 Å². The molecule has 0 saturated carbocycles. The molecular weight excluding hydrogens is 170 g/mol. The molecule has 0 aromatic heterocycles. The second-order valence-corrected chi connectivity index (χ2v) is 3.62. The Balaban J connectivity index is 0.00000121. The van der Waals surface area contributed by atoms with E-state index in [1.54, 1.807) is 0 Å². The summed E-state index contributed by atoms with van der Waals surface area (Å²) in [6.07, 6.45) is 4.52. The number of hydrogen-bond donors (Lipinski definition) is 0. The van der Waals surface area contributed by atoms with Crippen molar-refractivity contribution in [3.8, 4) is 0 Å². The van der Waals surface area contributed by atoms with Crippen LogP contribution in [-0.2, 0) is 0 Å². The van der Waals surface area contributed by atoms with Gasteiger partial charge in [0.25, 0.3) is 0 Å². The highest BCUT2D eigenvalue weighted by Crippen LogP contribution is 2.22. The van der Waals surface area contributed by atoms with Crippen molar-refractivity contribution in [3.63, 3.8) is 0 Å². The zero-order valence-electron chi connectivity index (χ0n) is 8.12. The van der Waals surface area contributed by atoms with Gasteiger partial charge in [-0.2, -0.15) is 0 Å². The predicted octanol–water partition coefficient (Wildman–Crippen LogP) is 2.71. The third kappa shape index (κ3) is 2.80. The van der Waals surface area contributed by atoms with Gasteiger partial charge in [-0.05, 0) is 32.2 Å². The van der Waals surface area contributed by atoms with E-state index in [-0.39, 0.29) is 12.4 Å². The average molecular weight is 190 g/mol. The summed E-state index contributed by atoms with van der Waals surface area (Å²) in [5, 5.41) is 0. The van der Waals surface area contributed by atoms with Gasteiger partial charge in [0.15, 0.2) is 0 Å². The molecule has 2 heteroatoms. The highest BCUT2D eigenvalue weighted by molar-refractivity contribution is 5.85. The van der Waals surface area contributed by atoms with Gasteiger partial charge in [0.1, 0.15) is 0 Å². The van der Waals surface area contributed by atoms with Crippen LogP contribution < -0.4 is 0 Å². The van der Waals surface area contributed by atoms with Gasteiger partial charge in [-0.15, -0.1) is 19.0 Å². The second-order valence-electron chi connectivity index (χ2n) is 3.62. The molecule has 72 valence electrons. The maximum atomic E-state index is 3.74. The Morgan fingerprint density at radius 1 is 1.50 bits per heavy atom. The van der Waals surface area contributed by atoms with Crippen LogP contribution in [0.2, 0.25) is 0 Å². The van der Waals surface area contributed by atoms with Crippen molar-refractivity contribution < 1.29 is 0 Å². The van der Waals surface area contributed by atoms with Crippen LogP contribution in [0.3, 0.4) is 0 Å². The smallest absolute Gasteiger partial charge is 0.00931 e. The third-order valence-corrected chi connectivity index (χ3v) is 2.89. The SMILES string of the molecule is C=CCCN1CCC(C)C1C.Cl. The number of halogens is 1. The summed E-state index contributed by atoms with van der Waals surface area (Å²) < 4.78 is 0. The van der Waals surface area contributed by atoms with Crippen molar-refractivity contribution in [2.75, 3.05) is 13.1 Å². The fraction of sp³-hybridized carbons (Fsp3) is 0.800. The summed E-state index contributed by atoms with van der Waals surface area (Å²) in [6, 6.07) is 0.787. The molecule has 0 aromatic rings. The lowest BCUT2D eigenvalue weighted by molar-refractivity contribution is 0.252. The summed E-state index contributed by atoms with van der Waals surface area (Å²) in [4.78, 5) is 2.56. The fourth-order valence-electron chi connectivity index (χ4n) is 1.75. The van der Waals surface area contributed by atoms with Crippen LogP contribution in [0.15, 0.2) is 12.7 Å². The molecule has 12 heavy (non-hydrogen) atoms. The lowest BCUT2D eigenvalue weighted by atomic mass is 10.1. The Morgan fingerprint density at radius 2 is 2.17 bits per heavy atom. The van der Waals surface area contributed by atoms with Gasteiger partial charge in [0, 0.05) is 12.6 Å². The van der Waals surface area contributed by atoms with Crippen LogP contribution in [0.25, 0.3) is 0 Å². The first-order valence-electron chi connectivity index (χ1n) is 4.60. The maximum Gasteiger partial charge on any atom is 0.00931 e. The minimum atomic E-state index is 0. The zero-order valence-corrected chi connectivity index (χ0v) is 8.94. The first-order valence-corrected chi connectivity index (χ1v) is 4.60. The number of nitrogens with zero attached hydrogens (tertiary/aromatic N) is 1. The minimum absolute atomic E-state index is 0. The Hall–Kier alpha value is -0.0100. The van der Waals surface area contributed by atoms with E-state index in [1.165, 1.54) is 19.5 Å². The summed E-state index contributed by atoms with van der Waals surface area (Å²) in [5.74, 6) is 0.889. The second kappa shape index (κ2) is 5.60. The van der Waals surface area contributed by atoms with Crippen LogP contribution >= 0.6 is 12.4 Å².